The zero-order chi connectivity index (χ0) is 22.3. The number of anilines is 1. The van der Waals surface area contributed by atoms with E-state index in [-0.39, 0.29) is 17.7 Å². The second kappa shape index (κ2) is 10.7. The van der Waals surface area contributed by atoms with Gasteiger partial charge >= 0.3 is 0 Å². The highest BCUT2D eigenvalue weighted by atomic mass is 16.2. The molecule has 2 N–H and O–H groups in total. The van der Waals surface area contributed by atoms with Gasteiger partial charge in [0.15, 0.2) is 0 Å². The maximum absolute atomic E-state index is 12.1. The van der Waals surface area contributed by atoms with Gasteiger partial charge in [-0.25, -0.2) is 0 Å². The Labute approximate surface area is 191 Å². The topological polar surface area (TPSA) is 64.7 Å². The summed E-state index contributed by atoms with van der Waals surface area (Å²) in [6, 6.07) is 18.7. The second-order valence-electron chi connectivity index (χ2n) is 9.14. The van der Waals surface area contributed by atoms with E-state index in [1.54, 1.807) is 0 Å². The summed E-state index contributed by atoms with van der Waals surface area (Å²) in [5.41, 5.74) is 3.43. The third kappa shape index (κ3) is 6.65. The monoisotopic (exact) mass is 434 g/mol. The molecule has 0 aromatic heterocycles. The molecule has 1 aliphatic carbocycles. The van der Waals surface area contributed by atoms with Crippen molar-refractivity contribution in [2.45, 2.75) is 32.9 Å². The van der Waals surface area contributed by atoms with Gasteiger partial charge in [-0.15, -0.1) is 0 Å². The Hall–Kier alpha value is -2.70. The van der Waals surface area contributed by atoms with Gasteiger partial charge in [0.05, 0.1) is 0 Å². The largest absolute Gasteiger partial charge is 0.355 e. The molecule has 170 valence electrons. The van der Waals surface area contributed by atoms with Crippen molar-refractivity contribution in [1.82, 2.24) is 15.1 Å². The van der Waals surface area contributed by atoms with E-state index in [1.165, 1.54) is 11.1 Å². The minimum atomic E-state index is -0.0727. The number of carbonyl (C=O) groups excluding carboxylic acids is 2. The molecular weight excluding hydrogens is 400 g/mol. The fraction of sp³-hybridized carbons (Fsp3) is 0.462. The zero-order valence-electron chi connectivity index (χ0n) is 18.9. The van der Waals surface area contributed by atoms with Crippen LogP contribution in [0.15, 0.2) is 54.6 Å². The van der Waals surface area contributed by atoms with Crippen LogP contribution in [0, 0.1) is 11.8 Å². The van der Waals surface area contributed by atoms with Crippen molar-refractivity contribution in [2.24, 2.45) is 11.8 Å². The Bertz CT molecular complexity index is 892. The fourth-order valence-electron chi connectivity index (χ4n) is 4.24. The van der Waals surface area contributed by atoms with Crippen molar-refractivity contribution >= 4 is 17.5 Å². The summed E-state index contributed by atoms with van der Waals surface area (Å²) < 4.78 is 0. The number of hydrogen-bond donors (Lipinski definition) is 2. The molecule has 6 heteroatoms. The number of piperazine rings is 1. The van der Waals surface area contributed by atoms with Crippen LogP contribution in [0.2, 0.25) is 0 Å². The first kappa shape index (κ1) is 22.5. The van der Waals surface area contributed by atoms with E-state index >= 15 is 0 Å². The van der Waals surface area contributed by atoms with Gasteiger partial charge in [0.1, 0.15) is 0 Å². The zero-order valence-corrected chi connectivity index (χ0v) is 18.9. The lowest BCUT2D eigenvalue weighted by atomic mass is 10.1. The standard InChI is InChI=1S/C26H34N4O2/c1-20-17-24(20)26(32)27-12-11-25(31)28-23-9-7-22(8-10-23)19-30-15-13-29(14-16-30)18-21-5-3-2-4-6-21/h2-10,20,24H,11-19H2,1H3,(H,27,32)(H,28,31). The number of hydrogen-bond acceptors (Lipinski definition) is 4. The molecule has 1 saturated heterocycles. The molecule has 2 aromatic rings. The van der Waals surface area contributed by atoms with Gasteiger partial charge in [-0.05, 0) is 35.6 Å². The lowest BCUT2D eigenvalue weighted by molar-refractivity contribution is -0.122. The molecule has 0 bridgehead atoms. The minimum absolute atomic E-state index is 0.0727. The molecule has 4 rings (SSSR count). The summed E-state index contributed by atoms with van der Waals surface area (Å²) in [4.78, 5) is 28.9. The molecule has 2 fully saturated rings. The Morgan fingerprint density at radius 1 is 0.875 bits per heavy atom. The molecule has 2 atom stereocenters. The van der Waals surface area contributed by atoms with Crippen LogP contribution in [-0.2, 0) is 22.7 Å². The van der Waals surface area contributed by atoms with E-state index in [9.17, 15) is 9.59 Å². The highest BCUT2D eigenvalue weighted by Gasteiger charge is 2.38. The van der Waals surface area contributed by atoms with E-state index in [4.69, 9.17) is 0 Å². The van der Waals surface area contributed by atoms with Crippen LogP contribution in [0.4, 0.5) is 5.69 Å². The van der Waals surface area contributed by atoms with Gasteiger partial charge in [0.25, 0.3) is 0 Å². The van der Waals surface area contributed by atoms with E-state index in [2.05, 4.69) is 69.8 Å². The number of carbonyl (C=O) groups is 2. The van der Waals surface area contributed by atoms with Crippen LogP contribution in [0.25, 0.3) is 0 Å². The number of nitrogens with one attached hydrogen (secondary N) is 2. The smallest absolute Gasteiger partial charge is 0.226 e. The lowest BCUT2D eigenvalue weighted by Crippen LogP contribution is -2.45. The average molecular weight is 435 g/mol. The SMILES string of the molecule is CC1CC1C(=O)NCCC(=O)Nc1ccc(CN2CCN(Cc3ccccc3)CC2)cc1. The summed E-state index contributed by atoms with van der Waals surface area (Å²) >= 11 is 0. The van der Waals surface area contributed by atoms with Crippen LogP contribution < -0.4 is 10.6 Å². The normalized spacial score (nSPS) is 21.2. The van der Waals surface area contributed by atoms with Gasteiger partial charge in [-0.1, -0.05) is 49.4 Å². The Morgan fingerprint density at radius 3 is 2.00 bits per heavy atom. The van der Waals surface area contributed by atoms with Gasteiger partial charge in [0, 0.05) is 63.8 Å². The van der Waals surface area contributed by atoms with Gasteiger partial charge in [0.2, 0.25) is 11.8 Å². The van der Waals surface area contributed by atoms with Gasteiger partial charge in [-0.2, -0.15) is 0 Å². The van der Waals surface area contributed by atoms with Crippen LogP contribution in [0.5, 0.6) is 0 Å². The predicted molar refractivity (Wildman–Crippen MR) is 127 cm³/mol. The van der Waals surface area contributed by atoms with E-state index in [1.807, 2.05) is 12.1 Å². The summed E-state index contributed by atoms with van der Waals surface area (Å²) in [7, 11) is 0. The quantitative estimate of drug-likeness (QED) is 0.637. The average Bonchev–Trinajstić information content (AvgIpc) is 3.54. The molecule has 2 aliphatic rings. The summed E-state index contributed by atoms with van der Waals surface area (Å²) in [6.07, 6.45) is 1.26. The molecule has 2 unspecified atom stereocenters. The minimum Gasteiger partial charge on any atom is -0.355 e. The maximum atomic E-state index is 12.1. The summed E-state index contributed by atoms with van der Waals surface area (Å²) in [6.45, 7) is 8.71. The van der Waals surface area contributed by atoms with Gasteiger partial charge in [-0.3, -0.25) is 19.4 Å². The first-order chi connectivity index (χ1) is 15.6. The van der Waals surface area contributed by atoms with Crippen molar-refractivity contribution in [1.29, 1.82) is 0 Å². The lowest BCUT2D eigenvalue weighted by Gasteiger charge is -2.34. The predicted octanol–water partition coefficient (Wildman–Crippen LogP) is 3.11. The Kier molecular flexibility index (Phi) is 7.55. The van der Waals surface area contributed by atoms with Crippen molar-refractivity contribution < 1.29 is 9.59 Å². The summed E-state index contributed by atoms with van der Waals surface area (Å²) in [5, 5.41) is 5.77. The Balaban J connectivity index is 1.14. The molecule has 2 amide bonds. The summed E-state index contributed by atoms with van der Waals surface area (Å²) in [5.74, 6) is 0.643. The second-order valence-corrected chi connectivity index (χ2v) is 9.14. The number of amides is 2. The van der Waals surface area contributed by atoms with Crippen molar-refractivity contribution in [2.75, 3.05) is 38.0 Å². The van der Waals surface area contributed by atoms with Crippen LogP contribution in [-0.4, -0.2) is 54.3 Å². The van der Waals surface area contributed by atoms with Crippen molar-refractivity contribution in [3.05, 3.63) is 65.7 Å². The third-order valence-electron chi connectivity index (χ3n) is 6.46. The van der Waals surface area contributed by atoms with E-state index in [0.717, 1.165) is 51.4 Å². The van der Waals surface area contributed by atoms with E-state index < -0.39 is 0 Å². The first-order valence-corrected chi connectivity index (χ1v) is 11.7. The first-order valence-electron chi connectivity index (χ1n) is 11.7. The number of benzene rings is 2. The maximum Gasteiger partial charge on any atom is 0.226 e. The number of nitrogens with zero attached hydrogens (tertiary/aromatic N) is 2. The molecular formula is C26H34N4O2. The molecule has 1 aliphatic heterocycles. The molecule has 32 heavy (non-hydrogen) atoms. The molecule has 2 aromatic carbocycles. The highest BCUT2D eigenvalue weighted by molar-refractivity contribution is 5.91. The molecule has 1 heterocycles. The molecule has 0 spiro atoms. The highest BCUT2D eigenvalue weighted by Crippen LogP contribution is 2.37. The van der Waals surface area contributed by atoms with E-state index in [0.29, 0.717) is 18.9 Å². The number of rotatable bonds is 9. The fourth-order valence-corrected chi connectivity index (χ4v) is 4.24. The van der Waals surface area contributed by atoms with Crippen LogP contribution in [0.3, 0.4) is 0 Å². The molecule has 1 saturated carbocycles. The Morgan fingerprint density at radius 2 is 1.44 bits per heavy atom. The molecule has 0 radical (unpaired) electrons. The van der Waals surface area contributed by atoms with Crippen molar-refractivity contribution in [3.63, 3.8) is 0 Å². The van der Waals surface area contributed by atoms with Crippen LogP contribution in [0.1, 0.15) is 30.9 Å². The van der Waals surface area contributed by atoms with Crippen LogP contribution >= 0.6 is 0 Å². The molecule has 6 nitrogen and oxygen atoms in total. The van der Waals surface area contributed by atoms with Crippen molar-refractivity contribution in [3.8, 4) is 0 Å². The third-order valence-corrected chi connectivity index (χ3v) is 6.46. The van der Waals surface area contributed by atoms with Gasteiger partial charge < -0.3 is 10.6 Å².